The largest absolute Gasteiger partial charge is 0.493 e. The SMILES string of the molecule is CNC(=O)C(=O)N/N=C\c1cccc(OC)c1OCC(=O)NCc1ccccc1. The van der Waals surface area contributed by atoms with E-state index in [0.29, 0.717) is 17.9 Å². The average molecular weight is 398 g/mol. The molecule has 0 aliphatic heterocycles. The second-order valence-electron chi connectivity index (χ2n) is 5.71. The number of rotatable bonds is 8. The van der Waals surface area contributed by atoms with Crippen LogP contribution in [-0.4, -0.2) is 44.7 Å². The number of carbonyl (C=O) groups excluding carboxylic acids is 3. The first-order chi connectivity index (χ1) is 14.0. The minimum atomic E-state index is -0.908. The van der Waals surface area contributed by atoms with E-state index in [9.17, 15) is 14.4 Å². The lowest BCUT2D eigenvalue weighted by molar-refractivity contribution is -0.138. The summed E-state index contributed by atoms with van der Waals surface area (Å²) in [4.78, 5) is 34.7. The Morgan fingerprint density at radius 3 is 2.48 bits per heavy atom. The molecule has 9 heteroatoms. The Kier molecular flexibility index (Phi) is 8.18. The first kappa shape index (κ1) is 21.4. The van der Waals surface area contributed by atoms with Crippen LogP contribution in [0.4, 0.5) is 0 Å². The molecule has 3 N–H and O–H groups in total. The zero-order chi connectivity index (χ0) is 21.1. The van der Waals surface area contributed by atoms with Crippen molar-refractivity contribution in [3.8, 4) is 11.5 Å². The molecule has 0 aromatic heterocycles. The molecular weight excluding hydrogens is 376 g/mol. The van der Waals surface area contributed by atoms with Crippen LogP contribution in [0.1, 0.15) is 11.1 Å². The van der Waals surface area contributed by atoms with E-state index in [4.69, 9.17) is 9.47 Å². The molecular formula is C20H22N4O5. The van der Waals surface area contributed by atoms with Gasteiger partial charge in [-0.25, -0.2) is 5.43 Å². The Morgan fingerprint density at radius 2 is 1.79 bits per heavy atom. The summed E-state index contributed by atoms with van der Waals surface area (Å²) in [6.45, 7) is 0.146. The zero-order valence-corrected chi connectivity index (χ0v) is 16.1. The van der Waals surface area contributed by atoms with Crippen molar-refractivity contribution in [3.63, 3.8) is 0 Å². The van der Waals surface area contributed by atoms with Crippen LogP contribution < -0.4 is 25.5 Å². The van der Waals surface area contributed by atoms with Gasteiger partial charge in [-0.05, 0) is 17.7 Å². The van der Waals surface area contributed by atoms with Crippen molar-refractivity contribution in [1.82, 2.24) is 16.1 Å². The van der Waals surface area contributed by atoms with Crippen molar-refractivity contribution < 1.29 is 23.9 Å². The van der Waals surface area contributed by atoms with Gasteiger partial charge in [0.05, 0.1) is 13.3 Å². The Morgan fingerprint density at radius 1 is 1.03 bits per heavy atom. The molecule has 0 saturated heterocycles. The molecule has 2 rings (SSSR count). The molecule has 0 aliphatic rings. The number of para-hydroxylation sites is 1. The summed E-state index contributed by atoms with van der Waals surface area (Å²) in [5, 5.41) is 8.68. The van der Waals surface area contributed by atoms with Crippen LogP contribution in [0.2, 0.25) is 0 Å². The summed E-state index contributed by atoms with van der Waals surface area (Å²) < 4.78 is 10.9. The number of hydrogen-bond donors (Lipinski definition) is 3. The van der Waals surface area contributed by atoms with Gasteiger partial charge in [0.1, 0.15) is 0 Å². The monoisotopic (exact) mass is 398 g/mol. The van der Waals surface area contributed by atoms with E-state index in [0.717, 1.165) is 5.56 Å². The van der Waals surface area contributed by atoms with Gasteiger partial charge in [-0.2, -0.15) is 5.10 Å². The maximum atomic E-state index is 12.1. The van der Waals surface area contributed by atoms with Crippen LogP contribution in [0.5, 0.6) is 11.5 Å². The highest BCUT2D eigenvalue weighted by atomic mass is 16.5. The third-order valence-electron chi connectivity index (χ3n) is 3.71. The van der Waals surface area contributed by atoms with Gasteiger partial charge in [0.15, 0.2) is 18.1 Å². The standard InChI is InChI=1S/C20H22N4O5/c1-21-19(26)20(27)24-23-12-15-9-6-10-16(28-2)18(15)29-13-17(25)22-11-14-7-4-3-5-8-14/h3-10,12H,11,13H2,1-2H3,(H,21,26)(H,22,25)(H,24,27)/b23-12-. The maximum Gasteiger partial charge on any atom is 0.329 e. The Bertz CT molecular complexity index is 884. The van der Waals surface area contributed by atoms with Crippen LogP contribution in [0.3, 0.4) is 0 Å². The van der Waals surface area contributed by atoms with Gasteiger partial charge < -0.3 is 20.1 Å². The summed E-state index contributed by atoms with van der Waals surface area (Å²) in [6.07, 6.45) is 1.29. The van der Waals surface area contributed by atoms with E-state index in [1.54, 1.807) is 18.2 Å². The molecule has 2 aromatic carbocycles. The Hall–Kier alpha value is -3.88. The van der Waals surface area contributed by atoms with E-state index >= 15 is 0 Å². The van der Waals surface area contributed by atoms with Gasteiger partial charge >= 0.3 is 11.8 Å². The molecule has 152 valence electrons. The highest BCUT2D eigenvalue weighted by Gasteiger charge is 2.13. The molecule has 29 heavy (non-hydrogen) atoms. The second kappa shape index (κ2) is 11.1. The Balaban J connectivity index is 2.00. The number of likely N-dealkylation sites (N-methyl/N-ethyl adjacent to an activating group) is 1. The van der Waals surface area contributed by atoms with Crippen LogP contribution in [0, 0.1) is 0 Å². The molecule has 9 nitrogen and oxygen atoms in total. The van der Waals surface area contributed by atoms with E-state index < -0.39 is 11.8 Å². The minimum Gasteiger partial charge on any atom is -0.493 e. The summed E-state index contributed by atoms with van der Waals surface area (Å²) in [5.41, 5.74) is 3.52. The fourth-order valence-corrected chi connectivity index (χ4v) is 2.26. The van der Waals surface area contributed by atoms with Crippen LogP contribution >= 0.6 is 0 Å². The molecule has 0 fully saturated rings. The fourth-order valence-electron chi connectivity index (χ4n) is 2.26. The van der Waals surface area contributed by atoms with E-state index in [1.165, 1.54) is 20.4 Å². The molecule has 0 heterocycles. The number of ether oxygens (including phenoxy) is 2. The average Bonchev–Trinajstić information content (AvgIpc) is 2.76. The van der Waals surface area contributed by atoms with Crippen molar-refractivity contribution >= 4 is 23.9 Å². The van der Waals surface area contributed by atoms with Crippen LogP contribution in [-0.2, 0) is 20.9 Å². The topological polar surface area (TPSA) is 118 Å². The molecule has 0 atom stereocenters. The van der Waals surface area contributed by atoms with E-state index in [-0.39, 0.29) is 18.3 Å². The smallest absolute Gasteiger partial charge is 0.329 e. The lowest BCUT2D eigenvalue weighted by Crippen LogP contribution is -2.35. The molecule has 0 spiro atoms. The highest BCUT2D eigenvalue weighted by molar-refractivity contribution is 6.35. The number of nitrogens with one attached hydrogen (secondary N) is 3. The van der Waals surface area contributed by atoms with Crippen LogP contribution in [0.15, 0.2) is 53.6 Å². The number of nitrogens with zero attached hydrogens (tertiary/aromatic N) is 1. The van der Waals surface area contributed by atoms with Crippen molar-refractivity contribution in [2.24, 2.45) is 5.10 Å². The molecule has 0 saturated carbocycles. The zero-order valence-electron chi connectivity index (χ0n) is 16.1. The van der Waals surface area contributed by atoms with E-state index in [1.807, 2.05) is 30.3 Å². The van der Waals surface area contributed by atoms with Crippen molar-refractivity contribution in [2.75, 3.05) is 20.8 Å². The molecule has 2 aromatic rings. The number of carbonyl (C=O) groups is 3. The predicted octanol–water partition coefficient (Wildman–Crippen LogP) is 0.587. The first-order valence-electron chi connectivity index (χ1n) is 8.70. The number of benzene rings is 2. The lowest BCUT2D eigenvalue weighted by atomic mass is 10.2. The van der Waals surface area contributed by atoms with Gasteiger partial charge in [0.2, 0.25) is 0 Å². The van der Waals surface area contributed by atoms with Crippen molar-refractivity contribution in [1.29, 1.82) is 0 Å². The number of hydrogen-bond acceptors (Lipinski definition) is 6. The van der Waals surface area contributed by atoms with Gasteiger partial charge in [0, 0.05) is 19.2 Å². The number of amides is 3. The highest BCUT2D eigenvalue weighted by Crippen LogP contribution is 2.29. The molecule has 3 amide bonds. The normalized spacial score (nSPS) is 10.3. The molecule has 0 radical (unpaired) electrons. The molecule has 0 unspecified atom stereocenters. The summed E-state index contributed by atoms with van der Waals surface area (Å²) in [6, 6.07) is 14.5. The lowest BCUT2D eigenvalue weighted by Gasteiger charge is -2.13. The quantitative estimate of drug-likeness (QED) is 0.342. The molecule has 0 aliphatic carbocycles. The minimum absolute atomic E-state index is 0.237. The van der Waals surface area contributed by atoms with E-state index in [2.05, 4.69) is 21.2 Å². The number of hydrazone groups is 1. The fraction of sp³-hybridized carbons (Fsp3) is 0.200. The molecule has 0 bridgehead atoms. The second-order valence-corrected chi connectivity index (χ2v) is 5.71. The summed E-state index contributed by atoms with van der Waals surface area (Å²) in [5.74, 6) is -1.37. The predicted molar refractivity (Wildman–Crippen MR) is 107 cm³/mol. The third-order valence-corrected chi connectivity index (χ3v) is 3.71. The van der Waals surface area contributed by atoms with Gasteiger partial charge in [0.25, 0.3) is 5.91 Å². The summed E-state index contributed by atoms with van der Waals surface area (Å²) in [7, 11) is 2.80. The van der Waals surface area contributed by atoms with Gasteiger partial charge in [-0.15, -0.1) is 0 Å². The third kappa shape index (κ3) is 6.65. The number of methoxy groups -OCH3 is 1. The van der Waals surface area contributed by atoms with Crippen LogP contribution in [0.25, 0.3) is 0 Å². The van der Waals surface area contributed by atoms with Crippen molar-refractivity contribution in [3.05, 3.63) is 59.7 Å². The summed E-state index contributed by atoms with van der Waals surface area (Å²) >= 11 is 0. The maximum absolute atomic E-state index is 12.1. The van der Waals surface area contributed by atoms with Gasteiger partial charge in [-0.3, -0.25) is 14.4 Å². The Labute approximate surface area is 168 Å². The van der Waals surface area contributed by atoms with Crippen molar-refractivity contribution in [2.45, 2.75) is 6.54 Å². The first-order valence-corrected chi connectivity index (χ1v) is 8.70. The van der Waals surface area contributed by atoms with Gasteiger partial charge in [-0.1, -0.05) is 36.4 Å².